The number of unbranched alkanes of at least 4 members (excludes halogenated alkanes) is 2. The Balaban J connectivity index is 1.51. The molecular weight excluding hydrogens is 629 g/mol. The molecule has 4 aromatic rings. The van der Waals surface area contributed by atoms with Crippen molar-refractivity contribution < 1.29 is 9.59 Å². The van der Waals surface area contributed by atoms with Gasteiger partial charge in [0.15, 0.2) is 0 Å². The Morgan fingerprint density at radius 2 is 0.896 bits per heavy atom. The molecule has 2 aliphatic heterocycles. The molecule has 0 bridgehead atoms. The van der Waals surface area contributed by atoms with E-state index >= 15 is 0 Å². The molecular formula is C42H48N2O2S2. The first-order chi connectivity index (χ1) is 23.5. The Labute approximate surface area is 294 Å². The molecule has 0 saturated heterocycles. The van der Waals surface area contributed by atoms with Crippen molar-refractivity contribution in [2.75, 3.05) is 13.1 Å². The van der Waals surface area contributed by atoms with Crippen molar-refractivity contribution in [3.8, 4) is 20.9 Å². The number of hydrogen-bond acceptors (Lipinski definition) is 4. The van der Waals surface area contributed by atoms with Crippen molar-refractivity contribution in [1.82, 2.24) is 9.80 Å². The van der Waals surface area contributed by atoms with E-state index in [2.05, 4.69) is 100 Å². The number of carbonyl (C=O) groups excluding carboxylic acids is 2. The highest BCUT2D eigenvalue weighted by Crippen LogP contribution is 2.50. The summed E-state index contributed by atoms with van der Waals surface area (Å²) in [6.07, 6.45) is 8.68. The molecule has 2 aliphatic rings. The van der Waals surface area contributed by atoms with Gasteiger partial charge in [0, 0.05) is 22.8 Å². The third-order valence-electron chi connectivity index (χ3n) is 9.94. The quantitative estimate of drug-likeness (QED) is 0.118. The summed E-state index contributed by atoms with van der Waals surface area (Å²) in [6.45, 7) is 10.2. The molecule has 0 N–H and O–H groups in total. The van der Waals surface area contributed by atoms with Gasteiger partial charge in [-0.3, -0.25) is 9.59 Å². The van der Waals surface area contributed by atoms with E-state index < -0.39 is 0 Å². The van der Waals surface area contributed by atoms with E-state index in [9.17, 15) is 9.59 Å². The summed E-state index contributed by atoms with van der Waals surface area (Å²) in [5.41, 5.74) is 5.11. The fourth-order valence-electron chi connectivity index (χ4n) is 7.05. The van der Waals surface area contributed by atoms with Crippen LogP contribution in [0.1, 0.15) is 88.8 Å². The molecule has 250 valence electrons. The van der Waals surface area contributed by atoms with Gasteiger partial charge in [-0.25, -0.2) is 0 Å². The maximum absolute atomic E-state index is 14.9. The van der Waals surface area contributed by atoms with Crippen molar-refractivity contribution in [3.05, 3.63) is 106 Å². The Kier molecular flexibility index (Phi) is 11.1. The van der Waals surface area contributed by atoms with Crippen LogP contribution in [0.3, 0.4) is 0 Å². The predicted molar refractivity (Wildman–Crippen MR) is 203 cm³/mol. The monoisotopic (exact) mass is 676 g/mol. The average Bonchev–Trinajstić information content (AvgIpc) is 3.91. The Morgan fingerprint density at radius 1 is 0.521 bits per heavy atom. The second kappa shape index (κ2) is 15.7. The van der Waals surface area contributed by atoms with Gasteiger partial charge in [-0.15, -0.1) is 22.7 Å². The summed E-state index contributed by atoms with van der Waals surface area (Å²) in [7, 11) is 0. The molecule has 0 aliphatic carbocycles. The second-order valence-electron chi connectivity index (χ2n) is 13.2. The van der Waals surface area contributed by atoms with Crippen LogP contribution in [0.15, 0.2) is 96.1 Å². The topological polar surface area (TPSA) is 40.6 Å². The lowest BCUT2D eigenvalue weighted by atomic mass is 9.98. The van der Waals surface area contributed by atoms with E-state index in [0.717, 1.165) is 93.4 Å². The van der Waals surface area contributed by atoms with Crippen LogP contribution in [-0.2, 0) is 9.59 Å². The molecule has 2 aromatic heterocycles. The van der Waals surface area contributed by atoms with E-state index in [4.69, 9.17) is 0 Å². The molecule has 2 unspecified atom stereocenters. The molecule has 6 heteroatoms. The zero-order valence-electron chi connectivity index (χ0n) is 28.8. The van der Waals surface area contributed by atoms with Gasteiger partial charge in [-0.2, -0.15) is 0 Å². The largest absolute Gasteiger partial charge is 0.306 e. The maximum atomic E-state index is 14.9. The molecule has 2 amide bonds. The van der Waals surface area contributed by atoms with Gasteiger partial charge >= 0.3 is 0 Å². The summed E-state index contributed by atoms with van der Waals surface area (Å²) >= 11 is 3.36. The van der Waals surface area contributed by atoms with Crippen molar-refractivity contribution in [2.45, 2.75) is 79.1 Å². The van der Waals surface area contributed by atoms with Crippen LogP contribution < -0.4 is 0 Å². The zero-order chi connectivity index (χ0) is 33.6. The van der Waals surface area contributed by atoms with Crippen LogP contribution in [0.5, 0.6) is 0 Å². The number of amides is 2. The van der Waals surface area contributed by atoms with Crippen LogP contribution >= 0.6 is 22.7 Å². The first-order valence-electron chi connectivity index (χ1n) is 17.9. The molecule has 2 atom stereocenters. The summed E-state index contributed by atoms with van der Waals surface area (Å²) in [6, 6.07) is 29.3. The molecule has 4 heterocycles. The minimum atomic E-state index is -0.0215. The van der Waals surface area contributed by atoms with E-state index in [-0.39, 0.29) is 11.8 Å². The third-order valence-corrected chi connectivity index (χ3v) is 12.2. The van der Waals surface area contributed by atoms with E-state index in [1.54, 1.807) is 22.7 Å². The van der Waals surface area contributed by atoms with Crippen molar-refractivity contribution in [1.29, 1.82) is 0 Å². The number of carbonyl (C=O) groups is 2. The first kappa shape index (κ1) is 34.1. The van der Waals surface area contributed by atoms with Gasteiger partial charge in [0.1, 0.15) is 0 Å². The van der Waals surface area contributed by atoms with Crippen molar-refractivity contribution >= 4 is 45.9 Å². The first-order valence-corrected chi connectivity index (χ1v) is 19.6. The Hall–Kier alpha value is -3.74. The number of hydrogen-bond donors (Lipinski definition) is 0. The molecule has 48 heavy (non-hydrogen) atoms. The van der Waals surface area contributed by atoms with Gasteiger partial charge < -0.3 is 9.80 Å². The lowest BCUT2D eigenvalue weighted by Crippen LogP contribution is -2.34. The number of benzene rings is 2. The molecule has 0 fully saturated rings. The lowest BCUT2D eigenvalue weighted by molar-refractivity contribution is -0.124. The van der Waals surface area contributed by atoms with E-state index in [0.29, 0.717) is 36.1 Å². The highest BCUT2D eigenvalue weighted by molar-refractivity contribution is 7.17. The normalized spacial score (nSPS) is 16.0. The van der Waals surface area contributed by atoms with Gasteiger partial charge in [0.05, 0.1) is 32.3 Å². The van der Waals surface area contributed by atoms with Gasteiger partial charge in [0.25, 0.3) is 11.8 Å². The van der Waals surface area contributed by atoms with Crippen molar-refractivity contribution in [3.63, 3.8) is 0 Å². The van der Waals surface area contributed by atoms with Crippen LogP contribution in [0.25, 0.3) is 32.3 Å². The van der Waals surface area contributed by atoms with Crippen LogP contribution in [0, 0.1) is 11.8 Å². The second-order valence-corrected chi connectivity index (χ2v) is 15.3. The van der Waals surface area contributed by atoms with Crippen LogP contribution in [0.4, 0.5) is 0 Å². The van der Waals surface area contributed by atoms with Crippen LogP contribution in [0.2, 0.25) is 0 Å². The van der Waals surface area contributed by atoms with Gasteiger partial charge in [-0.1, -0.05) is 127 Å². The van der Waals surface area contributed by atoms with Gasteiger partial charge in [0.2, 0.25) is 0 Å². The summed E-state index contributed by atoms with van der Waals surface area (Å²) in [4.78, 5) is 38.0. The van der Waals surface area contributed by atoms with E-state index in [1.165, 1.54) is 0 Å². The summed E-state index contributed by atoms with van der Waals surface area (Å²) < 4.78 is 0. The van der Waals surface area contributed by atoms with Crippen molar-refractivity contribution in [2.24, 2.45) is 11.8 Å². The minimum absolute atomic E-state index is 0.0215. The Bertz CT molecular complexity index is 1650. The predicted octanol–water partition coefficient (Wildman–Crippen LogP) is 11.4. The van der Waals surface area contributed by atoms with Gasteiger partial charge in [-0.05, 0) is 60.1 Å². The highest BCUT2D eigenvalue weighted by atomic mass is 32.1. The highest BCUT2D eigenvalue weighted by Gasteiger charge is 2.50. The SMILES string of the molecule is CCCCC(CC)CN1C(=O)C2=C(c3ccc(-c4ccccc4)s3)N(CC(CC)CCCC)C(=O)C2=C1c1ccc(-c2ccccc2)s1. The average molecular weight is 677 g/mol. The molecule has 6 rings (SSSR count). The fourth-order valence-corrected chi connectivity index (χ4v) is 9.20. The number of nitrogens with zero attached hydrogens (tertiary/aromatic N) is 2. The van der Waals surface area contributed by atoms with Crippen LogP contribution in [-0.4, -0.2) is 34.7 Å². The summed E-state index contributed by atoms with van der Waals surface area (Å²) in [5.74, 6) is 0.701. The number of rotatable bonds is 16. The molecule has 0 radical (unpaired) electrons. The molecule has 0 spiro atoms. The smallest absolute Gasteiger partial charge is 0.261 e. The number of thiophene rings is 2. The lowest BCUT2D eigenvalue weighted by Gasteiger charge is -2.29. The summed E-state index contributed by atoms with van der Waals surface area (Å²) in [5, 5.41) is 0. The third kappa shape index (κ3) is 6.88. The Morgan fingerprint density at radius 3 is 1.25 bits per heavy atom. The molecule has 4 nitrogen and oxygen atoms in total. The molecule has 0 saturated carbocycles. The minimum Gasteiger partial charge on any atom is -0.306 e. The van der Waals surface area contributed by atoms with E-state index in [1.807, 2.05) is 21.9 Å². The number of fused-ring (bicyclic) bond motifs is 1. The molecule has 2 aromatic carbocycles. The zero-order valence-corrected chi connectivity index (χ0v) is 30.5. The fraction of sp³-hybridized carbons (Fsp3) is 0.381. The maximum Gasteiger partial charge on any atom is 0.261 e. The standard InChI is InChI=1S/C42H48N2O2S2/c1-5-9-17-29(7-3)27-43-39(35-25-23-33(47-35)31-19-13-11-14-20-31)37-38(41(43)45)40(44(42(37)46)28-30(8-4)18-10-6-2)36-26-24-34(48-36)32-21-15-12-16-22-32/h11-16,19-26,29-30H,5-10,17-18,27-28H2,1-4H3.